The Morgan fingerprint density at radius 3 is 0.859 bits per heavy atom. The van der Waals surface area contributed by atoms with Crippen molar-refractivity contribution in [3.05, 3.63) is 101 Å². The average molecular weight is 1120 g/mol. The van der Waals surface area contributed by atoms with Gasteiger partial charge in [0, 0.05) is 22.3 Å². The molecule has 0 bridgehead atoms. The van der Waals surface area contributed by atoms with E-state index in [-0.39, 0.29) is 16.5 Å². The van der Waals surface area contributed by atoms with Crippen LogP contribution in [0.3, 0.4) is 0 Å². The van der Waals surface area contributed by atoms with Crippen LogP contribution in [0, 0.1) is 13.8 Å². The fourth-order valence-electron chi connectivity index (χ4n) is 11.4. The number of rotatable bonds is 51. The molecule has 2 aromatic carbocycles. The third-order valence-corrected chi connectivity index (χ3v) is 16.5. The first-order valence-corrected chi connectivity index (χ1v) is 34.6. The van der Waals surface area contributed by atoms with Crippen molar-refractivity contribution in [2.75, 3.05) is 0 Å². The SMILES string of the molecule is CCCCCCc1cccc(C2=C(C)C(CCCC)=C(c3cccc(CCCCCC)c3)[N+]2=[N-])c1.[CH2-]CCCCCCCCCCCCCCCCCCCC.[CH2-]CCCCCCCCCCCCCCCCCCCC.[Ni+2]. The van der Waals surface area contributed by atoms with Crippen molar-refractivity contribution in [1.29, 1.82) is 0 Å². The first kappa shape index (κ1) is 76.0. The maximum atomic E-state index is 11.6. The molecule has 2 aromatic rings. The molecule has 3 rings (SSSR count). The van der Waals surface area contributed by atoms with Crippen molar-refractivity contribution in [2.24, 2.45) is 0 Å². The predicted molar refractivity (Wildman–Crippen MR) is 349 cm³/mol. The Bertz CT molecular complexity index is 1590. The molecule has 1 aliphatic rings. The van der Waals surface area contributed by atoms with Crippen LogP contribution in [0.1, 0.15) is 378 Å². The third kappa shape index (κ3) is 41.1. The van der Waals surface area contributed by atoms with E-state index in [9.17, 15) is 5.53 Å². The summed E-state index contributed by atoms with van der Waals surface area (Å²) in [7, 11) is 0. The minimum atomic E-state index is 0. The molecule has 0 spiro atoms. The van der Waals surface area contributed by atoms with Gasteiger partial charge in [-0.1, -0.05) is 335 Å². The zero-order valence-electron chi connectivity index (χ0n) is 53.3. The van der Waals surface area contributed by atoms with Gasteiger partial charge in [-0.05, 0) is 80.8 Å². The number of allylic oxidation sites excluding steroid dienone is 2. The second kappa shape index (κ2) is 58.2. The van der Waals surface area contributed by atoms with Crippen molar-refractivity contribution in [3.63, 3.8) is 0 Å². The molecule has 1 heterocycles. The van der Waals surface area contributed by atoms with Crippen LogP contribution < -0.4 is 0 Å². The van der Waals surface area contributed by atoms with E-state index in [1.165, 1.54) is 309 Å². The summed E-state index contributed by atoms with van der Waals surface area (Å²) in [6, 6.07) is 17.7. The molecule has 0 N–H and O–H groups in total. The maximum absolute atomic E-state index is 11.6. The fraction of sp³-hybridized carbons (Fsp3) is 0.760. The summed E-state index contributed by atoms with van der Waals surface area (Å²) >= 11 is 0. The Labute approximate surface area is 500 Å². The van der Waals surface area contributed by atoms with Crippen LogP contribution in [0.25, 0.3) is 16.9 Å². The second-order valence-electron chi connectivity index (χ2n) is 24.0. The molecule has 0 unspecified atom stereocenters. The van der Waals surface area contributed by atoms with E-state index in [1.807, 2.05) is 0 Å². The predicted octanol–water partition coefficient (Wildman–Crippen LogP) is 26.8. The number of hydrogen-bond acceptors (Lipinski definition) is 0. The molecule has 2 nitrogen and oxygen atoms in total. The molecule has 78 heavy (non-hydrogen) atoms. The Morgan fingerprint density at radius 1 is 0.321 bits per heavy atom. The van der Waals surface area contributed by atoms with Crippen molar-refractivity contribution in [1.82, 2.24) is 0 Å². The average Bonchev–Trinajstić information content (AvgIpc) is 3.71. The van der Waals surface area contributed by atoms with Crippen molar-refractivity contribution in [3.8, 4) is 0 Å². The summed E-state index contributed by atoms with van der Waals surface area (Å²) < 4.78 is 1.49. The fourth-order valence-corrected chi connectivity index (χ4v) is 11.4. The van der Waals surface area contributed by atoms with Gasteiger partial charge in [-0.15, -0.1) is 0 Å². The van der Waals surface area contributed by atoms with E-state index in [0.29, 0.717) is 0 Å². The minimum absolute atomic E-state index is 0. The summed E-state index contributed by atoms with van der Waals surface area (Å²) in [5.74, 6) is 0. The van der Waals surface area contributed by atoms with Gasteiger partial charge in [-0.3, -0.25) is 0 Å². The van der Waals surface area contributed by atoms with Gasteiger partial charge in [0.25, 0.3) is 0 Å². The molecule has 0 aromatic heterocycles. The van der Waals surface area contributed by atoms with Crippen LogP contribution >= 0.6 is 0 Å². The molecular weight excluding hydrogens is 988 g/mol. The van der Waals surface area contributed by atoms with E-state index in [2.05, 4.69) is 104 Å². The number of aryl methyl sites for hydroxylation is 2. The van der Waals surface area contributed by atoms with E-state index in [4.69, 9.17) is 0 Å². The molecule has 0 radical (unpaired) electrons. The Balaban J connectivity index is 0.00000120. The first-order valence-electron chi connectivity index (χ1n) is 34.6. The topological polar surface area (TPSA) is 25.3 Å². The summed E-state index contributed by atoms with van der Waals surface area (Å²) in [6.07, 6.45) is 70.3. The van der Waals surface area contributed by atoms with Crippen LogP contribution in [0.5, 0.6) is 0 Å². The smallest absolute Gasteiger partial charge is 0.493 e. The van der Waals surface area contributed by atoms with E-state index >= 15 is 0 Å². The van der Waals surface area contributed by atoms with Gasteiger partial charge in [0.1, 0.15) is 0 Å². The molecule has 0 amide bonds. The van der Waals surface area contributed by atoms with Crippen LogP contribution in [-0.4, -0.2) is 4.70 Å². The first-order chi connectivity index (χ1) is 37.9. The largest absolute Gasteiger partial charge is 2.00 e. The molecule has 0 saturated heterocycles. The van der Waals surface area contributed by atoms with Crippen molar-refractivity contribution < 1.29 is 21.2 Å². The number of nitrogens with zero attached hydrogens (tertiary/aromatic N) is 2. The van der Waals surface area contributed by atoms with Gasteiger partial charge in [0.05, 0.1) is 0 Å². The van der Waals surface area contributed by atoms with E-state index < -0.39 is 0 Å². The third-order valence-electron chi connectivity index (χ3n) is 16.5. The summed E-state index contributed by atoms with van der Waals surface area (Å²) in [5, 5.41) is 0. The van der Waals surface area contributed by atoms with Crippen LogP contribution in [0.4, 0.5) is 0 Å². The molecular formula is C75H132N2Ni. The Hall–Kier alpha value is -1.99. The van der Waals surface area contributed by atoms with Crippen molar-refractivity contribution in [2.45, 2.75) is 369 Å². The second-order valence-corrected chi connectivity index (χ2v) is 24.0. The number of benzene rings is 2. The quantitative estimate of drug-likeness (QED) is 0.0273. The van der Waals surface area contributed by atoms with E-state index in [1.54, 1.807) is 0 Å². The normalized spacial score (nSPS) is 12.2. The van der Waals surface area contributed by atoms with Crippen LogP contribution in [-0.2, 0) is 29.3 Å². The van der Waals surface area contributed by atoms with Crippen LogP contribution in [0.2, 0.25) is 0 Å². The van der Waals surface area contributed by atoms with Gasteiger partial charge >= 0.3 is 16.5 Å². The molecule has 452 valence electrons. The number of hydrogen-bond donors (Lipinski definition) is 0. The zero-order chi connectivity index (χ0) is 55.9. The number of unbranched alkanes of at least 4 members (excludes halogenated alkanes) is 43. The summed E-state index contributed by atoms with van der Waals surface area (Å²) in [6.45, 7) is 21.3. The van der Waals surface area contributed by atoms with Gasteiger partial charge in [0.2, 0.25) is 11.4 Å². The Kier molecular flexibility index (Phi) is 56.7. The molecule has 0 fully saturated rings. The minimum Gasteiger partial charge on any atom is -0.493 e. The van der Waals surface area contributed by atoms with E-state index in [0.717, 1.165) is 67.5 Å². The molecule has 3 heteroatoms. The summed E-state index contributed by atoms with van der Waals surface area (Å²) in [5.41, 5.74) is 21.0. The zero-order valence-corrected chi connectivity index (χ0v) is 54.3. The molecule has 0 aliphatic carbocycles. The molecule has 0 saturated carbocycles. The van der Waals surface area contributed by atoms with Gasteiger partial charge in [-0.25, -0.2) is 4.70 Å². The Morgan fingerprint density at radius 2 is 0.577 bits per heavy atom. The maximum Gasteiger partial charge on any atom is 2.00 e. The monoisotopic (exact) mass is 1120 g/mol. The molecule has 0 atom stereocenters. The molecule has 1 aliphatic heterocycles. The van der Waals surface area contributed by atoms with Crippen molar-refractivity contribution >= 4 is 11.4 Å². The van der Waals surface area contributed by atoms with Gasteiger partial charge in [-0.2, -0.15) is 12.8 Å². The standard InChI is InChI=1S/C33H46N2.2C21H43.Ni/c1-5-8-11-13-17-27-19-15-21-29(24-27)32-26(4)31(23-10-7-3)33(35(32)34)30-22-16-20-28(25-30)18-14-12-9-6-2;2*1-3-5-7-9-11-13-15-17-19-21-20-18-16-14-12-10-8-6-4-2;/h15-16,19-22,24-25H,5-14,17-18,23H2,1-4H3;2*1,3-21H2,2H3;/q;2*-1;+2. The van der Waals surface area contributed by atoms with Crippen LogP contribution in [0.15, 0.2) is 59.7 Å². The van der Waals surface area contributed by atoms with Gasteiger partial charge < -0.3 is 19.4 Å². The summed E-state index contributed by atoms with van der Waals surface area (Å²) in [4.78, 5) is 0. The van der Waals surface area contributed by atoms with Gasteiger partial charge in [0.15, 0.2) is 0 Å².